The molecule has 0 aromatic heterocycles. The summed E-state index contributed by atoms with van der Waals surface area (Å²) in [6.45, 7) is 0. The number of anilines is 1. The zero-order valence-electron chi connectivity index (χ0n) is 8.33. The number of carbonyl (C=O) groups is 2. The fraction of sp³-hybridized carbons (Fsp3) is 0.200. The number of carboxylic acid groups (broad SMARTS) is 1. The molecule has 1 aromatic rings. The van der Waals surface area contributed by atoms with E-state index in [4.69, 9.17) is 16.6 Å². The lowest BCUT2D eigenvalue weighted by Gasteiger charge is -2.14. The Morgan fingerprint density at radius 1 is 1.25 bits per heavy atom. The molecule has 0 aliphatic heterocycles. The second-order valence-electron chi connectivity index (χ2n) is 3.26. The molecule has 0 aliphatic carbocycles. The molecular weight excluding hydrogens is 212 g/mol. The molecule has 0 spiro atoms. The Morgan fingerprint density at radius 2 is 1.81 bits per heavy atom. The summed E-state index contributed by atoms with van der Waals surface area (Å²) >= 11 is 0. The number of aliphatic hydroxyl groups excluding tert-OH is 1. The first-order chi connectivity index (χ1) is 7.45. The number of carbonyl (C=O) groups excluding carboxylic acids is 1. The molecule has 0 radical (unpaired) electrons. The van der Waals surface area contributed by atoms with Crippen LogP contribution in [0, 0.1) is 0 Å². The number of ketones is 1. The molecule has 6 nitrogen and oxygen atoms in total. The number of hydrogen-bond donors (Lipinski definition) is 4. The average Bonchev–Trinajstić information content (AvgIpc) is 2.26. The zero-order chi connectivity index (χ0) is 12.3. The van der Waals surface area contributed by atoms with E-state index in [1.807, 2.05) is 0 Å². The van der Waals surface area contributed by atoms with Gasteiger partial charge >= 0.3 is 5.97 Å². The molecule has 0 unspecified atom stereocenters. The lowest BCUT2D eigenvalue weighted by atomic mass is 10.00. The van der Waals surface area contributed by atoms with Crippen molar-refractivity contribution in [2.75, 3.05) is 5.73 Å². The van der Waals surface area contributed by atoms with Crippen LogP contribution in [-0.4, -0.2) is 34.1 Å². The van der Waals surface area contributed by atoms with Gasteiger partial charge in [-0.3, -0.25) is 9.59 Å². The summed E-state index contributed by atoms with van der Waals surface area (Å²) in [5.74, 6) is -2.25. The van der Waals surface area contributed by atoms with Gasteiger partial charge in [0.25, 0.3) is 0 Å². The van der Waals surface area contributed by atoms with Gasteiger partial charge in [0.15, 0.2) is 5.78 Å². The number of aliphatic carboxylic acids is 1. The van der Waals surface area contributed by atoms with E-state index in [1.165, 1.54) is 12.1 Å². The van der Waals surface area contributed by atoms with Gasteiger partial charge in [-0.1, -0.05) is 12.1 Å². The molecule has 0 amide bonds. The van der Waals surface area contributed by atoms with Crippen LogP contribution in [0.15, 0.2) is 24.3 Å². The number of carboxylic acids is 1. The maximum absolute atomic E-state index is 11.6. The van der Waals surface area contributed by atoms with E-state index < -0.39 is 23.9 Å². The fourth-order valence-electron chi connectivity index (χ4n) is 1.18. The molecular formula is C10H12N2O4. The molecule has 1 aromatic carbocycles. The first-order valence-electron chi connectivity index (χ1n) is 4.50. The zero-order valence-corrected chi connectivity index (χ0v) is 8.33. The van der Waals surface area contributed by atoms with Crippen LogP contribution < -0.4 is 11.5 Å². The molecule has 0 saturated carbocycles. The Balaban J connectivity index is 2.95. The minimum Gasteiger partial charge on any atom is -0.480 e. The highest BCUT2D eigenvalue weighted by Gasteiger charge is 2.30. The number of nitrogen functional groups attached to an aromatic ring is 1. The summed E-state index contributed by atoms with van der Waals surface area (Å²) in [7, 11) is 0. The van der Waals surface area contributed by atoms with Gasteiger partial charge < -0.3 is 21.7 Å². The van der Waals surface area contributed by atoms with E-state index >= 15 is 0 Å². The summed E-state index contributed by atoms with van der Waals surface area (Å²) < 4.78 is 0. The number of hydrogen-bond acceptors (Lipinski definition) is 5. The number of aliphatic hydroxyl groups is 1. The minimum absolute atomic E-state index is 0.0618. The van der Waals surface area contributed by atoms with Gasteiger partial charge in [-0.2, -0.15) is 0 Å². The molecule has 0 heterocycles. The third kappa shape index (κ3) is 2.36. The van der Waals surface area contributed by atoms with E-state index in [-0.39, 0.29) is 11.3 Å². The fourth-order valence-corrected chi connectivity index (χ4v) is 1.18. The van der Waals surface area contributed by atoms with Crippen molar-refractivity contribution < 1.29 is 19.8 Å². The summed E-state index contributed by atoms with van der Waals surface area (Å²) in [5.41, 5.74) is 10.9. The number of benzene rings is 1. The first-order valence-corrected chi connectivity index (χ1v) is 4.50. The quantitative estimate of drug-likeness (QED) is 0.392. The third-order valence-electron chi connectivity index (χ3n) is 2.12. The molecule has 0 bridgehead atoms. The van der Waals surface area contributed by atoms with Crippen LogP contribution >= 0.6 is 0 Å². The van der Waals surface area contributed by atoms with Crippen molar-refractivity contribution in [3.05, 3.63) is 29.8 Å². The topological polar surface area (TPSA) is 127 Å². The van der Waals surface area contributed by atoms with E-state index in [2.05, 4.69) is 0 Å². The highest BCUT2D eigenvalue weighted by Crippen LogP contribution is 2.14. The lowest BCUT2D eigenvalue weighted by Crippen LogP contribution is -2.46. The van der Waals surface area contributed by atoms with Crippen molar-refractivity contribution in [3.8, 4) is 0 Å². The average molecular weight is 224 g/mol. The predicted octanol–water partition coefficient (Wildman–Crippen LogP) is -0.776. The molecule has 86 valence electrons. The highest BCUT2D eigenvalue weighted by atomic mass is 16.4. The normalized spacial score (nSPS) is 14.1. The molecule has 0 fully saturated rings. The number of Topliss-reactive ketones (excluding diaryl/α,β-unsaturated/α-hetero) is 1. The Morgan fingerprint density at radius 3 is 2.31 bits per heavy atom. The highest BCUT2D eigenvalue weighted by molar-refractivity contribution is 6.05. The molecule has 2 atom stereocenters. The van der Waals surface area contributed by atoms with Crippen LogP contribution in [-0.2, 0) is 4.79 Å². The van der Waals surface area contributed by atoms with E-state index in [9.17, 15) is 14.7 Å². The van der Waals surface area contributed by atoms with Crippen molar-refractivity contribution >= 4 is 17.4 Å². The van der Waals surface area contributed by atoms with Crippen molar-refractivity contribution in [2.24, 2.45) is 5.73 Å². The van der Waals surface area contributed by atoms with Crippen LogP contribution in [0.1, 0.15) is 10.4 Å². The monoisotopic (exact) mass is 224 g/mol. The molecule has 1 rings (SSSR count). The molecule has 0 aliphatic rings. The van der Waals surface area contributed by atoms with Crippen molar-refractivity contribution in [3.63, 3.8) is 0 Å². The molecule has 6 N–H and O–H groups in total. The second kappa shape index (κ2) is 4.73. The molecule has 16 heavy (non-hydrogen) atoms. The van der Waals surface area contributed by atoms with Gasteiger partial charge in [-0.15, -0.1) is 0 Å². The van der Waals surface area contributed by atoms with Crippen molar-refractivity contribution in [1.29, 1.82) is 0 Å². The second-order valence-corrected chi connectivity index (χ2v) is 3.26. The van der Waals surface area contributed by atoms with Gasteiger partial charge in [0.2, 0.25) is 0 Å². The summed E-state index contributed by atoms with van der Waals surface area (Å²) in [6, 6.07) is 4.40. The Bertz CT molecular complexity index is 419. The Kier molecular flexibility index (Phi) is 3.60. The smallest absolute Gasteiger partial charge is 0.323 e. The minimum atomic E-state index is -1.80. The van der Waals surface area contributed by atoms with Crippen molar-refractivity contribution in [2.45, 2.75) is 12.1 Å². The number of rotatable bonds is 4. The van der Waals surface area contributed by atoms with Gasteiger partial charge in [0.1, 0.15) is 12.1 Å². The standard InChI is InChI=1S/C10H12N2O4/c11-6-4-2-1-3-5(6)8(13)9(14)7(12)10(15)16/h1-4,7,9,14H,11-12H2,(H,15,16)/t7-,9+/m0/s1. The maximum Gasteiger partial charge on any atom is 0.323 e. The number of nitrogens with two attached hydrogens (primary N) is 2. The summed E-state index contributed by atoms with van der Waals surface area (Å²) in [5, 5.41) is 18.0. The summed E-state index contributed by atoms with van der Waals surface area (Å²) in [6.07, 6.45) is -1.80. The lowest BCUT2D eigenvalue weighted by molar-refractivity contribution is -0.140. The van der Waals surface area contributed by atoms with Crippen molar-refractivity contribution in [1.82, 2.24) is 0 Å². The largest absolute Gasteiger partial charge is 0.480 e. The maximum atomic E-state index is 11.6. The van der Waals surface area contributed by atoms with Gasteiger partial charge in [0.05, 0.1) is 0 Å². The third-order valence-corrected chi connectivity index (χ3v) is 2.12. The van der Waals surface area contributed by atoms with Crippen LogP contribution in [0.5, 0.6) is 0 Å². The first kappa shape index (κ1) is 12.2. The van der Waals surface area contributed by atoms with Crippen LogP contribution in [0.25, 0.3) is 0 Å². The Labute approximate surface area is 91.5 Å². The molecule has 0 saturated heterocycles. The molecule has 6 heteroatoms. The van der Waals surface area contributed by atoms with Gasteiger partial charge in [-0.05, 0) is 12.1 Å². The predicted molar refractivity (Wildman–Crippen MR) is 56.8 cm³/mol. The van der Waals surface area contributed by atoms with E-state index in [0.717, 1.165) is 0 Å². The summed E-state index contributed by atoms with van der Waals surface area (Å²) in [4.78, 5) is 22.1. The van der Waals surface area contributed by atoms with Gasteiger partial charge in [0, 0.05) is 11.3 Å². The van der Waals surface area contributed by atoms with Gasteiger partial charge in [-0.25, -0.2) is 0 Å². The SMILES string of the molecule is Nc1ccccc1C(=O)[C@H](O)[C@H](N)C(=O)O. The number of para-hydroxylation sites is 1. The van der Waals surface area contributed by atoms with Crippen LogP contribution in [0.2, 0.25) is 0 Å². The van der Waals surface area contributed by atoms with E-state index in [1.54, 1.807) is 12.1 Å². The van der Waals surface area contributed by atoms with Crippen LogP contribution in [0.3, 0.4) is 0 Å². The van der Waals surface area contributed by atoms with E-state index in [0.29, 0.717) is 0 Å². The van der Waals surface area contributed by atoms with Crippen LogP contribution in [0.4, 0.5) is 5.69 Å². The Hall–Kier alpha value is -1.92.